The van der Waals surface area contributed by atoms with E-state index in [1.165, 1.54) is 22.3 Å². The second kappa shape index (κ2) is 16.9. The van der Waals surface area contributed by atoms with Gasteiger partial charge in [-0.05, 0) is 158 Å². The van der Waals surface area contributed by atoms with Gasteiger partial charge in [-0.15, -0.1) is 0 Å². The van der Waals surface area contributed by atoms with Crippen LogP contribution < -0.4 is 4.90 Å². The van der Waals surface area contributed by atoms with Gasteiger partial charge in [-0.3, -0.25) is 0 Å². The van der Waals surface area contributed by atoms with E-state index in [1.54, 1.807) is 0 Å². The van der Waals surface area contributed by atoms with E-state index >= 15 is 0 Å². The molecule has 0 saturated heterocycles. The summed E-state index contributed by atoms with van der Waals surface area (Å²) < 4.78 is 12.5. The standard InChI is InChI=1S/C66H43NO2/c1-3-11-44(12-4-1)47-23-31-56(32-24-47)67(57-33-25-48(26-34-57)45-13-5-2-6-14-45)58-35-27-49(28-36-58)46-19-21-50(22-20-46)53-39-54(51-29-37-65-61(42-51)59-15-7-9-17-63(59)68-65)41-55(40-53)52-30-38-66-62(43-52)60-16-8-10-18-64(60)69-66/h1-43H. The largest absolute Gasteiger partial charge is 0.456 e. The van der Waals surface area contributed by atoms with E-state index in [-0.39, 0.29) is 0 Å². The maximum Gasteiger partial charge on any atom is 0.135 e. The van der Waals surface area contributed by atoms with E-state index in [0.717, 1.165) is 105 Å². The fourth-order valence-corrected chi connectivity index (χ4v) is 9.91. The summed E-state index contributed by atoms with van der Waals surface area (Å²) in [4.78, 5) is 2.33. The molecule has 0 unspecified atom stereocenters. The summed E-state index contributed by atoms with van der Waals surface area (Å²) in [5.74, 6) is 0. The Balaban J connectivity index is 0.853. The van der Waals surface area contributed by atoms with Crippen LogP contribution in [0.3, 0.4) is 0 Å². The van der Waals surface area contributed by atoms with E-state index in [2.05, 4.69) is 241 Å². The molecule has 0 aliphatic rings. The summed E-state index contributed by atoms with van der Waals surface area (Å²) in [6, 6.07) is 93.3. The lowest BCUT2D eigenvalue weighted by atomic mass is 9.91. The van der Waals surface area contributed by atoms with Crippen LogP contribution in [0.5, 0.6) is 0 Å². The molecule has 324 valence electrons. The summed E-state index contributed by atoms with van der Waals surface area (Å²) in [7, 11) is 0. The first-order valence-electron chi connectivity index (χ1n) is 23.5. The Morgan fingerprint density at radius 3 is 0.855 bits per heavy atom. The van der Waals surface area contributed by atoms with Crippen LogP contribution in [0.25, 0.3) is 111 Å². The highest BCUT2D eigenvalue weighted by Crippen LogP contribution is 2.41. The molecule has 0 saturated carbocycles. The predicted molar refractivity (Wildman–Crippen MR) is 288 cm³/mol. The van der Waals surface area contributed by atoms with Crippen LogP contribution in [0.4, 0.5) is 17.1 Å². The van der Waals surface area contributed by atoms with Crippen LogP contribution in [0, 0.1) is 0 Å². The fourth-order valence-electron chi connectivity index (χ4n) is 9.91. The molecule has 0 atom stereocenters. The zero-order valence-electron chi connectivity index (χ0n) is 37.6. The number of anilines is 3. The van der Waals surface area contributed by atoms with E-state index < -0.39 is 0 Å². The molecule has 3 nitrogen and oxygen atoms in total. The molecule has 13 rings (SSSR count). The van der Waals surface area contributed by atoms with E-state index in [0.29, 0.717) is 0 Å². The third kappa shape index (κ3) is 7.53. The topological polar surface area (TPSA) is 29.5 Å². The van der Waals surface area contributed by atoms with E-state index in [9.17, 15) is 0 Å². The molecular weight excluding hydrogens is 839 g/mol. The summed E-state index contributed by atoms with van der Waals surface area (Å²) in [6.07, 6.45) is 0. The van der Waals surface area contributed by atoms with Gasteiger partial charge in [-0.2, -0.15) is 0 Å². The molecular formula is C66H43NO2. The van der Waals surface area contributed by atoms with Crippen LogP contribution in [-0.2, 0) is 0 Å². The SMILES string of the molecule is c1ccc(-c2ccc(N(c3ccc(-c4ccccc4)cc3)c3ccc(-c4ccc(-c5cc(-c6ccc7oc8ccccc8c7c6)cc(-c6ccc7oc8ccccc8c7c6)c5)cc4)cc3)cc2)cc1. The second-order valence-corrected chi connectivity index (χ2v) is 17.7. The zero-order chi connectivity index (χ0) is 45.7. The Kier molecular flexibility index (Phi) is 9.84. The van der Waals surface area contributed by atoms with Crippen LogP contribution >= 0.6 is 0 Å². The van der Waals surface area contributed by atoms with Gasteiger partial charge in [0.15, 0.2) is 0 Å². The molecule has 0 fully saturated rings. The Labute approximate surface area is 400 Å². The normalized spacial score (nSPS) is 11.5. The van der Waals surface area contributed by atoms with Gasteiger partial charge < -0.3 is 13.7 Å². The van der Waals surface area contributed by atoms with Crippen molar-refractivity contribution in [2.45, 2.75) is 0 Å². The number of fused-ring (bicyclic) bond motifs is 6. The van der Waals surface area contributed by atoms with Gasteiger partial charge >= 0.3 is 0 Å². The smallest absolute Gasteiger partial charge is 0.135 e. The Bertz CT molecular complexity index is 3750. The van der Waals surface area contributed by atoms with Crippen LogP contribution in [-0.4, -0.2) is 0 Å². The van der Waals surface area contributed by atoms with Crippen LogP contribution in [0.1, 0.15) is 0 Å². The number of para-hydroxylation sites is 2. The number of benzene rings is 11. The summed E-state index contributed by atoms with van der Waals surface area (Å²) in [5.41, 5.74) is 20.8. The third-order valence-electron chi connectivity index (χ3n) is 13.5. The molecule has 0 spiro atoms. The first-order chi connectivity index (χ1) is 34.1. The second-order valence-electron chi connectivity index (χ2n) is 17.7. The lowest BCUT2D eigenvalue weighted by molar-refractivity contribution is 0.668. The Morgan fingerprint density at radius 1 is 0.188 bits per heavy atom. The molecule has 0 aliphatic carbocycles. The number of hydrogen-bond acceptors (Lipinski definition) is 3. The molecule has 2 heterocycles. The molecule has 0 amide bonds. The molecule has 0 bridgehead atoms. The number of hydrogen-bond donors (Lipinski definition) is 0. The van der Waals surface area contributed by atoms with Crippen molar-refractivity contribution in [1.29, 1.82) is 0 Å². The van der Waals surface area contributed by atoms with Crippen LogP contribution in [0.2, 0.25) is 0 Å². The highest BCUT2D eigenvalue weighted by molar-refractivity contribution is 6.08. The summed E-state index contributed by atoms with van der Waals surface area (Å²) >= 11 is 0. The minimum Gasteiger partial charge on any atom is -0.456 e. The molecule has 0 N–H and O–H groups in total. The first kappa shape index (κ1) is 40.1. The number of rotatable bonds is 9. The number of furan rings is 2. The molecule has 3 heteroatoms. The molecule has 0 aliphatic heterocycles. The average Bonchev–Trinajstić information content (AvgIpc) is 4.00. The molecule has 0 radical (unpaired) electrons. The van der Waals surface area contributed by atoms with Crippen molar-refractivity contribution in [2.75, 3.05) is 4.90 Å². The highest BCUT2D eigenvalue weighted by atomic mass is 16.3. The molecule has 69 heavy (non-hydrogen) atoms. The van der Waals surface area contributed by atoms with Crippen molar-refractivity contribution in [3.05, 3.63) is 261 Å². The van der Waals surface area contributed by atoms with Gasteiger partial charge in [0.05, 0.1) is 0 Å². The lowest BCUT2D eigenvalue weighted by Crippen LogP contribution is -2.09. The average molecular weight is 882 g/mol. The van der Waals surface area contributed by atoms with Gasteiger partial charge in [0.2, 0.25) is 0 Å². The minimum absolute atomic E-state index is 0.889. The molecule has 13 aromatic rings. The Morgan fingerprint density at radius 2 is 0.464 bits per heavy atom. The number of nitrogens with zero attached hydrogens (tertiary/aromatic N) is 1. The van der Waals surface area contributed by atoms with Crippen molar-refractivity contribution in [1.82, 2.24) is 0 Å². The van der Waals surface area contributed by atoms with Gasteiger partial charge in [0.1, 0.15) is 22.3 Å². The monoisotopic (exact) mass is 881 g/mol. The van der Waals surface area contributed by atoms with E-state index in [4.69, 9.17) is 8.83 Å². The highest BCUT2D eigenvalue weighted by Gasteiger charge is 2.16. The summed E-state index contributed by atoms with van der Waals surface area (Å²) in [6.45, 7) is 0. The van der Waals surface area contributed by atoms with Crippen molar-refractivity contribution in [3.8, 4) is 66.8 Å². The van der Waals surface area contributed by atoms with E-state index in [1.807, 2.05) is 24.3 Å². The van der Waals surface area contributed by atoms with Gasteiger partial charge in [-0.1, -0.05) is 170 Å². The zero-order valence-corrected chi connectivity index (χ0v) is 37.6. The lowest BCUT2D eigenvalue weighted by Gasteiger charge is -2.26. The van der Waals surface area contributed by atoms with Crippen LogP contribution in [0.15, 0.2) is 270 Å². The van der Waals surface area contributed by atoms with Gasteiger partial charge in [-0.25, -0.2) is 0 Å². The van der Waals surface area contributed by atoms with Gasteiger partial charge in [0, 0.05) is 38.6 Å². The third-order valence-corrected chi connectivity index (χ3v) is 13.5. The van der Waals surface area contributed by atoms with Crippen molar-refractivity contribution >= 4 is 60.9 Å². The quantitative estimate of drug-likeness (QED) is 0.145. The fraction of sp³-hybridized carbons (Fsp3) is 0. The predicted octanol–water partition coefficient (Wildman–Crippen LogP) is 19.0. The van der Waals surface area contributed by atoms with Crippen molar-refractivity contribution in [2.24, 2.45) is 0 Å². The van der Waals surface area contributed by atoms with Crippen molar-refractivity contribution < 1.29 is 8.83 Å². The minimum atomic E-state index is 0.889. The summed E-state index contributed by atoms with van der Waals surface area (Å²) in [5, 5.41) is 4.46. The maximum atomic E-state index is 6.23. The maximum absolute atomic E-state index is 6.23. The van der Waals surface area contributed by atoms with Crippen molar-refractivity contribution in [3.63, 3.8) is 0 Å². The van der Waals surface area contributed by atoms with Gasteiger partial charge in [0.25, 0.3) is 0 Å². The molecule has 2 aromatic heterocycles. The first-order valence-corrected chi connectivity index (χ1v) is 23.5. The Hall–Kier alpha value is -9.18. The molecule has 11 aromatic carbocycles.